The van der Waals surface area contributed by atoms with E-state index in [2.05, 4.69) is 13.8 Å². The average Bonchev–Trinajstić information content (AvgIpc) is 2.50. The Balaban J connectivity index is 2.62. The topological polar surface area (TPSA) is 35.5 Å². The molecule has 4 heteroatoms. The van der Waals surface area contributed by atoms with Gasteiger partial charge in [-0.1, -0.05) is 26.0 Å². The van der Waals surface area contributed by atoms with Gasteiger partial charge in [-0.05, 0) is 25.0 Å². The lowest BCUT2D eigenvalue weighted by molar-refractivity contribution is -0.0842. The Hall–Kier alpha value is -0.840. The molecule has 0 saturated carbocycles. The number of hydrogen-bond acceptors (Lipinski definition) is 4. The van der Waals surface area contributed by atoms with Gasteiger partial charge < -0.3 is 9.47 Å². The van der Waals surface area contributed by atoms with Crippen molar-refractivity contribution in [1.82, 2.24) is 0 Å². The molecular weight excluding hydrogens is 272 g/mol. The molecule has 0 saturated heterocycles. The summed E-state index contributed by atoms with van der Waals surface area (Å²) in [6.45, 7) is 4.12. The number of thioether (sulfide) groups is 1. The van der Waals surface area contributed by atoms with Crippen LogP contribution in [0.3, 0.4) is 0 Å². The van der Waals surface area contributed by atoms with Crippen molar-refractivity contribution in [3.05, 3.63) is 29.8 Å². The van der Waals surface area contributed by atoms with Gasteiger partial charge in [0.15, 0.2) is 12.1 Å². The molecule has 0 heterocycles. The normalized spacial score (nSPS) is 11.3. The van der Waals surface area contributed by atoms with Gasteiger partial charge in [0.1, 0.15) is 0 Å². The van der Waals surface area contributed by atoms with E-state index in [9.17, 15) is 4.79 Å². The van der Waals surface area contributed by atoms with Crippen molar-refractivity contribution >= 4 is 17.5 Å². The largest absolute Gasteiger partial charge is 0.355 e. The smallest absolute Gasteiger partial charge is 0.166 e. The maximum atomic E-state index is 12.2. The number of benzene rings is 1. The third-order valence-corrected chi connectivity index (χ3v) is 4.45. The second kappa shape index (κ2) is 9.16. The Labute approximate surface area is 126 Å². The van der Waals surface area contributed by atoms with Crippen LogP contribution in [0.15, 0.2) is 29.2 Å². The zero-order chi connectivity index (χ0) is 15.0. The molecule has 0 aliphatic heterocycles. The zero-order valence-electron chi connectivity index (χ0n) is 12.7. The van der Waals surface area contributed by atoms with E-state index in [0.717, 1.165) is 29.1 Å². The highest BCUT2D eigenvalue weighted by Crippen LogP contribution is 2.22. The summed E-state index contributed by atoms with van der Waals surface area (Å²) in [6, 6.07) is 7.81. The van der Waals surface area contributed by atoms with Crippen LogP contribution in [0, 0.1) is 5.92 Å². The maximum absolute atomic E-state index is 12.2. The molecule has 1 rings (SSSR count). The van der Waals surface area contributed by atoms with Crippen LogP contribution in [0.4, 0.5) is 0 Å². The zero-order valence-corrected chi connectivity index (χ0v) is 13.5. The van der Waals surface area contributed by atoms with E-state index in [1.807, 2.05) is 24.3 Å². The van der Waals surface area contributed by atoms with Crippen LogP contribution in [0.1, 0.15) is 37.0 Å². The summed E-state index contributed by atoms with van der Waals surface area (Å²) in [5.74, 6) is 1.12. The minimum absolute atomic E-state index is 0.139. The molecule has 0 atom stereocenters. The monoisotopic (exact) mass is 296 g/mol. The minimum atomic E-state index is -0.203. The van der Waals surface area contributed by atoms with Crippen LogP contribution in [-0.2, 0) is 9.47 Å². The number of rotatable bonds is 9. The van der Waals surface area contributed by atoms with Crippen LogP contribution < -0.4 is 0 Å². The van der Waals surface area contributed by atoms with E-state index < -0.39 is 0 Å². The van der Waals surface area contributed by atoms with Crippen molar-refractivity contribution in [1.29, 1.82) is 0 Å². The molecule has 1 aromatic rings. The van der Waals surface area contributed by atoms with Crippen LogP contribution >= 0.6 is 11.8 Å². The van der Waals surface area contributed by atoms with Gasteiger partial charge in [0.05, 0.1) is 0 Å². The number of methoxy groups -OCH3 is 2. The van der Waals surface area contributed by atoms with Gasteiger partial charge in [-0.25, -0.2) is 0 Å². The van der Waals surface area contributed by atoms with Crippen LogP contribution in [0.5, 0.6) is 0 Å². The molecule has 112 valence electrons. The van der Waals surface area contributed by atoms with E-state index in [1.165, 1.54) is 0 Å². The number of hydrogen-bond donors (Lipinski definition) is 0. The average molecular weight is 296 g/mol. The molecule has 0 spiro atoms. The molecule has 0 fully saturated rings. The quantitative estimate of drug-likeness (QED) is 0.392. The van der Waals surface area contributed by atoms with Crippen molar-refractivity contribution < 1.29 is 14.3 Å². The number of ether oxygens (including phenoxy) is 2. The van der Waals surface area contributed by atoms with Gasteiger partial charge in [-0.15, -0.1) is 11.8 Å². The van der Waals surface area contributed by atoms with Gasteiger partial charge in [0, 0.05) is 36.3 Å². The Kier molecular flexibility index (Phi) is 7.88. The van der Waals surface area contributed by atoms with E-state index in [4.69, 9.17) is 9.47 Å². The third kappa shape index (κ3) is 4.93. The Bertz CT molecular complexity index is 395. The molecule has 3 nitrogen and oxygen atoms in total. The summed E-state index contributed by atoms with van der Waals surface area (Å²) in [5, 5.41) is 0. The highest BCUT2D eigenvalue weighted by atomic mass is 32.2. The highest BCUT2D eigenvalue weighted by molar-refractivity contribution is 7.99. The van der Waals surface area contributed by atoms with Crippen molar-refractivity contribution in [2.45, 2.75) is 37.9 Å². The van der Waals surface area contributed by atoms with Crippen molar-refractivity contribution in [3.8, 4) is 0 Å². The lowest BCUT2D eigenvalue weighted by Gasteiger charge is -2.13. The van der Waals surface area contributed by atoms with E-state index >= 15 is 0 Å². The molecule has 1 aromatic carbocycles. The summed E-state index contributed by atoms with van der Waals surface area (Å²) in [7, 11) is 3.26. The first kappa shape index (κ1) is 17.2. The summed E-state index contributed by atoms with van der Waals surface area (Å²) in [4.78, 5) is 13.3. The lowest BCUT2D eigenvalue weighted by atomic mass is 9.93. The summed E-state index contributed by atoms with van der Waals surface area (Å²) < 4.78 is 10.3. The third-order valence-electron chi connectivity index (χ3n) is 3.41. The van der Waals surface area contributed by atoms with Crippen molar-refractivity contribution in [2.24, 2.45) is 5.92 Å². The van der Waals surface area contributed by atoms with Gasteiger partial charge in [0.2, 0.25) is 0 Å². The second-order valence-electron chi connectivity index (χ2n) is 4.61. The predicted octanol–water partition coefficient (Wildman–Crippen LogP) is 4.02. The lowest BCUT2D eigenvalue weighted by Crippen LogP contribution is -2.15. The summed E-state index contributed by atoms with van der Waals surface area (Å²) in [5.41, 5.74) is 0.804. The fourth-order valence-electron chi connectivity index (χ4n) is 2.01. The molecule has 0 N–H and O–H groups in total. The minimum Gasteiger partial charge on any atom is -0.355 e. The van der Waals surface area contributed by atoms with Crippen LogP contribution in [0.25, 0.3) is 0 Å². The first-order valence-electron chi connectivity index (χ1n) is 6.98. The molecule has 0 radical (unpaired) electrons. The Morgan fingerprint density at radius 1 is 1.10 bits per heavy atom. The van der Waals surface area contributed by atoms with Gasteiger partial charge in [0.25, 0.3) is 0 Å². The SMILES string of the molecule is CCC(CC)C(=O)c1ccc(SCC(OC)OC)cc1. The van der Waals surface area contributed by atoms with E-state index in [1.54, 1.807) is 26.0 Å². The first-order chi connectivity index (χ1) is 9.65. The van der Waals surface area contributed by atoms with E-state index in [-0.39, 0.29) is 18.0 Å². The predicted molar refractivity (Wildman–Crippen MR) is 83.4 cm³/mol. The fraction of sp³-hybridized carbons (Fsp3) is 0.562. The number of Topliss-reactive ketones (excluding diaryl/α,β-unsaturated/α-hetero) is 1. The number of carbonyl (C=O) groups excluding carboxylic acids is 1. The maximum Gasteiger partial charge on any atom is 0.166 e. The first-order valence-corrected chi connectivity index (χ1v) is 7.97. The van der Waals surface area contributed by atoms with Crippen LogP contribution in [0.2, 0.25) is 0 Å². The summed E-state index contributed by atoms with van der Waals surface area (Å²) in [6.07, 6.45) is 1.59. The molecule has 0 aromatic heterocycles. The molecule has 0 aliphatic carbocycles. The van der Waals surface area contributed by atoms with Crippen LogP contribution in [-0.4, -0.2) is 32.0 Å². The van der Waals surface area contributed by atoms with Crippen molar-refractivity contribution in [3.63, 3.8) is 0 Å². The van der Waals surface area contributed by atoms with Gasteiger partial charge >= 0.3 is 0 Å². The molecule has 0 unspecified atom stereocenters. The summed E-state index contributed by atoms with van der Waals surface area (Å²) >= 11 is 1.66. The second-order valence-corrected chi connectivity index (χ2v) is 5.71. The fourth-order valence-corrected chi connectivity index (χ4v) is 2.94. The molecule has 0 aliphatic rings. The standard InChI is InChI=1S/C16H24O3S/c1-5-12(6-2)16(17)13-7-9-14(10-8-13)20-11-15(18-3)19-4/h7-10,12,15H,5-6,11H2,1-4H3. The van der Waals surface area contributed by atoms with E-state index in [0.29, 0.717) is 0 Å². The highest BCUT2D eigenvalue weighted by Gasteiger charge is 2.16. The Morgan fingerprint density at radius 2 is 1.65 bits per heavy atom. The van der Waals surface area contributed by atoms with Gasteiger partial charge in [-0.3, -0.25) is 4.79 Å². The number of carbonyl (C=O) groups is 1. The Morgan fingerprint density at radius 3 is 2.10 bits per heavy atom. The molecule has 0 bridgehead atoms. The van der Waals surface area contributed by atoms with Gasteiger partial charge in [-0.2, -0.15) is 0 Å². The molecular formula is C16H24O3S. The number of ketones is 1. The molecule has 0 amide bonds. The van der Waals surface area contributed by atoms with Crippen molar-refractivity contribution in [2.75, 3.05) is 20.0 Å². The molecule has 20 heavy (non-hydrogen) atoms.